The summed E-state index contributed by atoms with van der Waals surface area (Å²) >= 11 is 0. The quantitative estimate of drug-likeness (QED) is 0.891. The van der Waals surface area contributed by atoms with Gasteiger partial charge in [-0.05, 0) is 37.1 Å². The van der Waals surface area contributed by atoms with Gasteiger partial charge in [0, 0.05) is 25.7 Å². The molecule has 1 aliphatic rings. The largest absolute Gasteiger partial charge is 0.343 e. The van der Waals surface area contributed by atoms with Crippen LogP contribution in [0.15, 0.2) is 54.6 Å². The number of rotatable bonds is 5. The first-order valence-corrected chi connectivity index (χ1v) is 9.10. The Morgan fingerprint density at radius 3 is 2.58 bits per heavy atom. The molecule has 1 aliphatic heterocycles. The third-order valence-corrected chi connectivity index (χ3v) is 4.69. The number of nitrogens with one attached hydrogen (secondary N) is 1. The number of carbonyl (C=O) groups is 2. The third kappa shape index (κ3) is 4.42. The molecule has 26 heavy (non-hydrogen) atoms. The van der Waals surface area contributed by atoms with Gasteiger partial charge in [0.2, 0.25) is 11.8 Å². The van der Waals surface area contributed by atoms with Crippen molar-refractivity contribution in [1.29, 1.82) is 0 Å². The fourth-order valence-corrected chi connectivity index (χ4v) is 3.23. The average molecular weight is 351 g/mol. The molecule has 3 rings (SSSR count). The lowest BCUT2D eigenvalue weighted by molar-refractivity contribution is -0.134. The van der Waals surface area contributed by atoms with Gasteiger partial charge in [0.1, 0.15) is 0 Å². The van der Waals surface area contributed by atoms with Crippen LogP contribution in [0.4, 0.5) is 17.1 Å². The SMILES string of the molecule is CN(c1ccccc1)c1ccccc1NC(=O)CN1CCCCCC1=O. The number of amides is 2. The molecule has 0 aromatic heterocycles. The average Bonchev–Trinajstić information content (AvgIpc) is 2.87. The van der Waals surface area contributed by atoms with Gasteiger partial charge in [-0.2, -0.15) is 0 Å². The maximum absolute atomic E-state index is 12.5. The molecule has 2 aromatic carbocycles. The molecule has 1 heterocycles. The van der Waals surface area contributed by atoms with Gasteiger partial charge in [0.05, 0.1) is 17.9 Å². The van der Waals surface area contributed by atoms with Gasteiger partial charge >= 0.3 is 0 Å². The topological polar surface area (TPSA) is 52.7 Å². The zero-order valence-electron chi connectivity index (χ0n) is 15.1. The molecule has 136 valence electrons. The molecule has 5 heteroatoms. The molecule has 0 radical (unpaired) electrons. The summed E-state index contributed by atoms with van der Waals surface area (Å²) in [6, 6.07) is 17.7. The van der Waals surface area contributed by atoms with Crippen molar-refractivity contribution in [2.24, 2.45) is 0 Å². The van der Waals surface area contributed by atoms with Crippen molar-refractivity contribution in [3.05, 3.63) is 54.6 Å². The molecular formula is C21H25N3O2. The van der Waals surface area contributed by atoms with E-state index in [0.717, 1.165) is 36.3 Å². The predicted molar refractivity (Wildman–Crippen MR) is 105 cm³/mol. The van der Waals surface area contributed by atoms with Crippen LogP contribution in [0.1, 0.15) is 25.7 Å². The van der Waals surface area contributed by atoms with Crippen LogP contribution in [0.3, 0.4) is 0 Å². The Bertz CT molecular complexity index is 761. The second-order valence-electron chi connectivity index (χ2n) is 6.59. The van der Waals surface area contributed by atoms with Crippen LogP contribution in [-0.2, 0) is 9.59 Å². The molecule has 2 aromatic rings. The van der Waals surface area contributed by atoms with Crippen molar-refractivity contribution in [3.63, 3.8) is 0 Å². The number of hydrogen-bond acceptors (Lipinski definition) is 3. The lowest BCUT2D eigenvalue weighted by Crippen LogP contribution is -2.37. The lowest BCUT2D eigenvalue weighted by Gasteiger charge is -2.24. The van der Waals surface area contributed by atoms with Crippen molar-refractivity contribution in [1.82, 2.24) is 4.90 Å². The molecule has 0 bridgehead atoms. The highest BCUT2D eigenvalue weighted by molar-refractivity contribution is 5.97. The number of carbonyl (C=O) groups excluding carboxylic acids is 2. The Morgan fingerprint density at radius 1 is 1.04 bits per heavy atom. The molecule has 2 amide bonds. The van der Waals surface area contributed by atoms with Gasteiger partial charge in [0.15, 0.2) is 0 Å². The lowest BCUT2D eigenvalue weighted by atomic mass is 10.2. The molecule has 0 spiro atoms. The highest BCUT2D eigenvalue weighted by Crippen LogP contribution is 2.30. The molecule has 0 aliphatic carbocycles. The van der Waals surface area contributed by atoms with Crippen LogP contribution in [0.5, 0.6) is 0 Å². The monoisotopic (exact) mass is 351 g/mol. The van der Waals surface area contributed by atoms with Crippen LogP contribution >= 0.6 is 0 Å². The van der Waals surface area contributed by atoms with E-state index in [1.165, 1.54) is 0 Å². The second kappa shape index (κ2) is 8.52. The van der Waals surface area contributed by atoms with E-state index in [2.05, 4.69) is 5.32 Å². The minimum atomic E-state index is -0.158. The summed E-state index contributed by atoms with van der Waals surface area (Å²) in [5.74, 6) is -0.0819. The standard InChI is InChI=1S/C21H25N3O2/c1-23(17-10-4-2-5-11-17)19-13-8-7-12-18(19)22-20(25)16-24-15-9-3-6-14-21(24)26/h2,4-5,7-8,10-13H,3,6,9,14-16H2,1H3,(H,22,25). The summed E-state index contributed by atoms with van der Waals surface area (Å²) in [5.41, 5.74) is 2.69. The molecule has 0 atom stereocenters. The Labute approximate surface area is 154 Å². The number of benzene rings is 2. The van der Waals surface area contributed by atoms with Gasteiger partial charge in [-0.1, -0.05) is 36.8 Å². The number of para-hydroxylation sites is 3. The van der Waals surface area contributed by atoms with Gasteiger partial charge in [-0.25, -0.2) is 0 Å². The molecule has 1 fully saturated rings. The zero-order valence-corrected chi connectivity index (χ0v) is 15.1. The van der Waals surface area contributed by atoms with Crippen LogP contribution < -0.4 is 10.2 Å². The fourth-order valence-electron chi connectivity index (χ4n) is 3.23. The first-order valence-electron chi connectivity index (χ1n) is 9.10. The van der Waals surface area contributed by atoms with Gasteiger partial charge in [0.25, 0.3) is 0 Å². The summed E-state index contributed by atoms with van der Waals surface area (Å²) in [6.07, 6.45) is 3.48. The summed E-state index contributed by atoms with van der Waals surface area (Å²) in [4.78, 5) is 28.3. The minimum absolute atomic E-state index is 0.0762. The van der Waals surface area contributed by atoms with Crippen molar-refractivity contribution in [2.75, 3.05) is 30.4 Å². The van der Waals surface area contributed by atoms with E-state index in [0.29, 0.717) is 13.0 Å². The molecule has 5 nitrogen and oxygen atoms in total. The van der Waals surface area contributed by atoms with Crippen LogP contribution in [0.2, 0.25) is 0 Å². The van der Waals surface area contributed by atoms with Crippen molar-refractivity contribution in [3.8, 4) is 0 Å². The van der Waals surface area contributed by atoms with Crippen LogP contribution in [-0.4, -0.2) is 36.9 Å². The highest BCUT2D eigenvalue weighted by Gasteiger charge is 2.20. The number of nitrogens with zero attached hydrogens (tertiary/aromatic N) is 2. The van der Waals surface area contributed by atoms with E-state index < -0.39 is 0 Å². The van der Waals surface area contributed by atoms with Gasteiger partial charge in [-0.3, -0.25) is 9.59 Å². The molecule has 1 saturated heterocycles. The smallest absolute Gasteiger partial charge is 0.244 e. The Kier molecular flexibility index (Phi) is 5.89. The van der Waals surface area contributed by atoms with E-state index in [9.17, 15) is 9.59 Å². The highest BCUT2D eigenvalue weighted by atomic mass is 16.2. The Hall–Kier alpha value is -2.82. The summed E-state index contributed by atoms with van der Waals surface area (Å²) in [7, 11) is 1.97. The van der Waals surface area contributed by atoms with Crippen molar-refractivity contribution < 1.29 is 9.59 Å². The number of likely N-dealkylation sites (tertiary alicyclic amines) is 1. The van der Waals surface area contributed by atoms with Crippen molar-refractivity contribution >= 4 is 28.9 Å². The zero-order chi connectivity index (χ0) is 18.4. The maximum atomic E-state index is 12.5. The summed E-state index contributed by atoms with van der Waals surface area (Å²) in [5, 5.41) is 2.97. The Balaban J connectivity index is 1.71. The van der Waals surface area contributed by atoms with Gasteiger partial charge < -0.3 is 15.1 Å². The third-order valence-electron chi connectivity index (χ3n) is 4.69. The van der Waals surface area contributed by atoms with Crippen LogP contribution in [0.25, 0.3) is 0 Å². The minimum Gasteiger partial charge on any atom is -0.343 e. The second-order valence-corrected chi connectivity index (χ2v) is 6.59. The predicted octanol–water partition coefficient (Wildman–Crippen LogP) is 3.80. The molecule has 0 unspecified atom stereocenters. The van der Waals surface area contributed by atoms with E-state index in [1.54, 1.807) is 4.90 Å². The van der Waals surface area contributed by atoms with E-state index in [-0.39, 0.29) is 18.4 Å². The number of hydrogen-bond donors (Lipinski definition) is 1. The van der Waals surface area contributed by atoms with Gasteiger partial charge in [-0.15, -0.1) is 0 Å². The molecular weight excluding hydrogens is 326 g/mol. The first-order chi connectivity index (χ1) is 12.6. The van der Waals surface area contributed by atoms with E-state index in [1.807, 2.05) is 66.5 Å². The fraction of sp³-hybridized carbons (Fsp3) is 0.333. The normalized spacial score (nSPS) is 14.7. The molecule has 1 N–H and O–H groups in total. The first kappa shape index (κ1) is 18.0. The summed E-state index contributed by atoms with van der Waals surface area (Å²) in [6.45, 7) is 0.778. The van der Waals surface area contributed by atoms with E-state index >= 15 is 0 Å². The van der Waals surface area contributed by atoms with E-state index in [4.69, 9.17) is 0 Å². The van der Waals surface area contributed by atoms with Crippen LogP contribution in [0, 0.1) is 0 Å². The number of anilines is 3. The molecule has 0 saturated carbocycles. The maximum Gasteiger partial charge on any atom is 0.244 e. The van der Waals surface area contributed by atoms with Crippen molar-refractivity contribution in [2.45, 2.75) is 25.7 Å². The Morgan fingerprint density at radius 2 is 1.77 bits per heavy atom. The summed E-state index contributed by atoms with van der Waals surface area (Å²) < 4.78 is 0.